The molecule has 0 unspecified atom stereocenters. The molecule has 34 heavy (non-hydrogen) atoms. The van der Waals surface area contributed by atoms with Crippen LogP contribution in [0.3, 0.4) is 0 Å². The van der Waals surface area contributed by atoms with E-state index in [2.05, 4.69) is 9.71 Å². The molecule has 7 nitrogen and oxygen atoms in total. The van der Waals surface area contributed by atoms with Gasteiger partial charge in [0, 0.05) is 34.8 Å². The summed E-state index contributed by atoms with van der Waals surface area (Å²) in [6.45, 7) is 1.50. The van der Waals surface area contributed by atoms with Gasteiger partial charge in [0.15, 0.2) is 12.4 Å². The first kappa shape index (κ1) is 23.3. The summed E-state index contributed by atoms with van der Waals surface area (Å²) in [6, 6.07) is 20.3. The zero-order valence-corrected chi connectivity index (χ0v) is 19.4. The van der Waals surface area contributed by atoms with Crippen molar-refractivity contribution in [1.29, 1.82) is 0 Å². The summed E-state index contributed by atoms with van der Waals surface area (Å²) < 4.78 is 32.6. The number of hydrogen-bond donors (Lipinski definition) is 2. The first-order valence-electron chi connectivity index (χ1n) is 10.8. The minimum atomic E-state index is -3.73. The quantitative estimate of drug-likeness (QED) is 0.271. The number of benzene rings is 3. The van der Waals surface area contributed by atoms with Gasteiger partial charge in [0.2, 0.25) is 0 Å². The van der Waals surface area contributed by atoms with Gasteiger partial charge in [-0.05, 0) is 61.4 Å². The van der Waals surface area contributed by atoms with Crippen molar-refractivity contribution in [3.05, 3.63) is 95.7 Å². The maximum atomic E-state index is 12.5. The molecule has 4 aromatic rings. The highest BCUT2D eigenvalue weighted by atomic mass is 32.2. The van der Waals surface area contributed by atoms with E-state index in [0.29, 0.717) is 17.7 Å². The predicted molar refractivity (Wildman–Crippen MR) is 130 cm³/mol. The number of ether oxygens (including phenoxy) is 1. The van der Waals surface area contributed by atoms with E-state index in [4.69, 9.17) is 4.74 Å². The third kappa shape index (κ3) is 5.52. The summed E-state index contributed by atoms with van der Waals surface area (Å²) in [6.07, 6.45) is 2.54. The van der Waals surface area contributed by atoms with Crippen molar-refractivity contribution >= 4 is 38.4 Å². The number of H-pyrrole nitrogens is 1. The van der Waals surface area contributed by atoms with Crippen LogP contribution in [0, 0.1) is 6.92 Å². The zero-order valence-electron chi connectivity index (χ0n) is 18.6. The monoisotopic (exact) mass is 476 g/mol. The molecule has 174 valence electrons. The Morgan fingerprint density at radius 3 is 2.38 bits per heavy atom. The van der Waals surface area contributed by atoms with Gasteiger partial charge in [-0.25, -0.2) is 8.42 Å². The molecule has 0 aliphatic heterocycles. The average Bonchev–Trinajstić information content (AvgIpc) is 3.25. The number of sulfonamides is 1. The number of nitrogens with one attached hydrogen (secondary N) is 2. The highest BCUT2D eigenvalue weighted by Gasteiger charge is 2.15. The number of fused-ring (bicyclic) bond motifs is 1. The fourth-order valence-corrected chi connectivity index (χ4v) is 4.59. The second-order valence-electron chi connectivity index (χ2n) is 7.94. The molecule has 3 aromatic carbocycles. The van der Waals surface area contributed by atoms with E-state index in [1.807, 2.05) is 37.4 Å². The lowest BCUT2D eigenvalue weighted by Crippen LogP contribution is -2.15. The molecular formula is C26H24N2O5S. The number of carbonyl (C=O) groups is 2. The molecule has 0 bridgehead atoms. The van der Waals surface area contributed by atoms with E-state index >= 15 is 0 Å². The molecule has 0 aliphatic carbocycles. The van der Waals surface area contributed by atoms with Crippen LogP contribution in [0.2, 0.25) is 0 Å². The minimum absolute atomic E-state index is 0.151. The highest BCUT2D eigenvalue weighted by Crippen LogP contribution is 2.20. The van der Waals surface area contributed by atoms with Crippen molar-refractivity contribution in [1.82, 2.24) is 4.98 Å². The van der Waals surface area contributed by atoms with Crippen molar-refractivity contribution in [2.75, 3.05) is 11.3 Å². The first-order chi connectivity index (χ1) is 16.3. The van der Waals surface area contributed by atoms with Crippen molar-refractivity contribution in [2.45, 2.75) is 24.7 Å². The number of aryl methyl sites for hydroxylation is 2. The lowest BCUT2D eigenvalue weighted by Gasteiger charge is -2.09. The zero-order chi connectivity index (χ0) is 24.1. The van der Waals surface area contributed by atoms with E-state index in [1.54, 1.807) is 12.1 Å². The fraction of sp³-hybridized carbons (Fsp3) is 0.154. The molecule has 0 radical (unpaired) electrons. The third-order valence-electron chi connectivity index (χ3n) is 5.43. The van der Waals surface area contributed by atoms with Gasteiger partial charge in [0.25, 0.3) is 10.0 Å². The summed E-state index contributed by atoms with van der Waals surface area (Å²) in [7, 11) is -3.73. The van der Waals surface area contributed by atoms with Gasteiger partial charge in [-0.2, -0.15) is 0 Å². The molecule has 0 aliphatic rings. The van der Waals surface area contributed by atoms with Crippen LogP contribution >= 0.6 is 0 Å². The Kier molecular flexibility index (Phi) is 6.79. The van der Waals surface area contributed by atoms with Gasteiger partial charge in [-0.3, -0.25) is 14.3 Å². The maximum Gasteiger partial charge on any atom is 0.306 e. The number of rotatable bonds is 9. The molecule has 4 rings (SSSR count). The van der Waals surface area contributed by atoms with Crippen LogP contribution in [0.5, 0.6) is 0 Å². The number of aromatic amines is 1. The van der Waals surface area contributed by atoms with Gasteiger partial charge in [0.1, 0.15) is 0 Å². The van der Waals surface area contributed by atoms with Crippen LogP contribution in [0.1, 0.15) is 27.9 Å². The van der Waals surface area contributed by atoms with Crippen LogP contribution in [0.15, 0.2) is 83.9 Å². The van der Waals surface area contributed by atoms with Gasteiger partial charge in [0.05, 0.1) is 4.90 Å². The van der Waals surface area contributed by atoms with Gasteiger partial charge in [-0.15, -0.1) is 0 Å². The van der Waals surface area contributed by atoms with Crippen molar-refractivity contribution in [3.63, 3.8) is 0 Å². The van der Waals surface area contributed by atoms with Gasteiger partial charge < -0.3 is 9.72 Å². The van der Waals surface area contributed by atoms with Crippen LogP contribution < -0.4 is 4.72 Å². The topological polar surface area (TPSA) is 105 Å². The summed E-state index contributed by atoms with van der Waals surface area (Å²) in [5.41, 5.74) is 3.63. The van der Waals surface area contributed by atoms with Gasteiger partial charge >= 0.3 is 5.97 Å². The molecule has 8 heteroatoms. The molecular weight excluding hydrogens is 452 g/mol. The van der Waals surface area contributed by atoms with Gasteiger partial charge in [-0.1, -0.05) is 35.9 Å². The molecule has 2 N–H and O–H groups in total. The van der Waals surface area contributed by atoms with Crippen molar-refractivity contribution in [3.8, 4) is 0 Å². The predicted octanol–water partition coefficient (Wildman–Crippen LogP) is 4.64. The molecule has 0 atom stereocenters. The van der Waals surface area contributed by atoms with E-state index in [0.717, 1.165) is 22.0 Å². The number of hydrogen-bond acceptors (Lipinski definition) is 5. The Morgan fingerprint density at radius 2 is 1.65 bits per heavy atom. The lowest BCUT2D eigenvalue weighted by molar-refractivity contribution is -0.142. The Balaban J connectivity index is 1.28. The molecule has 1 aromatic heterocycles. The molecule has 0 spiro atoms. The number of Topliss-reactive ketones (excluding diaryl/α,β-unsaturated/α-hetero) is 1. The number of esters is 1. The average molecular weight is 477 g/mol. The summed E-state index contributed by atoms with van der Waals surface area (Å²) in [5, 5.41) is 1.06. The van der Waals surface area contributed by atoms with E-state index < -0.39 is 16.0 Å². The highest BCUT2D eigenvalue weighted by molar-refractivity contribution is 7.92. The van der Waals surface area contributed by atoms with Crippen LogP contribution in [0.25, 0.3) is 10.9 Å². The minimum Gasteiger partial charge on any atom is -0.457 e. The number of para-hydroxylation sites is 1. The normalized spacial score (nSPS) is 11.3. The lowest BCUT2D eigenvalue weighted by atomic mass is 10.1. The fourth-order valence-electron chi connectivity index (χ4n) is 3.53. The number of carbonyl (C=O) groups excluding carboxylic acids is 2. The molecule has 0 saturated heterocycles. The largest absolute Gasteiger partial charge is 0.457 e. The van der Waals surface area contributed by atoms with Crippen molar-refractivity contribution in [2.24, 2.45) is 0 Å². The van der Waals surface area contributed by atoms with E-state index in [9.17, 15) is 18.0 Å². The SMILES string of the molecule is Cc1ccc(S(=O)(=O)Nc2ccc(C(=O)COC(=O)CCc3c[nH]c4ccccc34)cc2)cc1. The van der Waals surface area contributed by atoms with Crippen LogP contribution in [-0.4, -0.2) is 31.8 Å². The Labute approximate surface area is 197 Å². The van der Waals surface area contributed by atoms with E-state index in [-0.39, 0.29) is 23.7 Å². The Hall–Kier alpha value is -3.91. The Bertz CT molecular complexity index is 1420. The molecule has 0 saturated carbocycles. The summed E-state index contributed by atoms with van der Waals surface area (Å²) >= 11 is 0. The molecule has 0 fully saturated rings. The second-order valence-corrected chi connectivity index (χ2v) is 9.62. The second kappa shape index (κ2) is 9.93. The van der Waals surface area contributed by atoms with Crippen molar-refractivity contribution < 1.29 is 22.7 Å². The first-order valence-corrected chi connectivity index (χ1v) is 12.2. The summed E-state index contributed by atoms with van der Waals surface area (Å²) in [5.74, 6) is -0.825. The van der Waals surface area contributed by atoms with Crippen LogP contribution in [0.4, 0.5) is 5.69 Å². The van der Waals surface area contributed by atoms with E-state index in [1.165, 1.54) is 36.4 Å². The molecule has 1 heterocycles. The number of anilines is 1. The van der Waals surface area contributed by atoms with Crippen LogP contribution in [-0.2, 0) is 26.0 Å². The smallest absolute Gasteiger partial charge is 0.306 e. The maximum absolute atomic E-state index is 12.5. The molecule has 0 amide bonds. The number of aromatic nitrogens is 1. The summed E-state index contributed by atoms with van der Waals surface area (Å²) in [4.78, 5) is 27.8. The standard InChI is InChI=1S/C26H24N2O5S/c1-18-6-13-22(14-7-18)34(31,32)28-21-11-8-19(9-12-21)25(29)17-33-26(30)15-10-20-16-27-24-5-3-2-4-23(20)24/h2-9,11-14,16,27-28H,10,15,17H2,1H3. The Morgan fingerprint density at radius 1 is 0.941 bits per heavy atom. The third-order valence-corrected chi connectivity index (χ3v) is 6.83. The number of ketones is 1.